The highest BCUT2D eigenvalue weighted by Crippen LogP contribution is 2.56. The van der Waals surface area contributed by atoms with Gasteiger partial charge in [0, 0.05) is 31.2 Å². The Labute approximate surface area is 166 Å². The molecule has 4 nitrogen and oxygen atoms in total. The SMILES string of the molecule is CC1C2Cc3ccc(CF)cc3CN2C(=O)C12CCC(N1C[C@H]3C[C@@H]1CO3)C2. The maximum absolute atomic E-state index is 13.7. The third kappa shape index (κ3) is 2.26. The Balaban J connectivity index is 1.26. The van der Waals surface area contributed by atoms with E-state index in [1.807, 2.05) is 12.1 Å². The van der Waals surface area contributed by atoms with E-state index in [1.54, 1.807) is 0 Å². The molecule has 6 atom stereocenters. The smallest absolute Gasteiger partial charge is 0.229 e. The molecule has 4 fully saturated rings. The lowest BCUT2D eigenvalue weighted by Crippen LogP contribution is -2.44. The summed E-state index contributed by atoms with van der Waals surface area (Å²) in [6, 6.07) is 7.36. The number of nitrogens with zero attached hydrogens (tertiary/aromatic N) is 2. The molecule has 0 radical (unpaired) electrons. The van der Waals surface area contributed by atoms with Gasteiger partial charge in [-0.1, -0.05) is 25.1 Å². The van der Waals surface area contributed by atoms with Crippen molar-refractivity contribution in [3.8, 4) is 0 Å². The zero-order valence-corrected chi connectivity index (χ0v) is 16.6. The van der Waals surface area contributed by atoms with Crippen molar-refractivity contribution >= 4 is 5.91 Å². The summed E-state index contributed by atoms with van der Waals surface area (Å²) >= 11 is 0. The average Bonchev–Trinajstić information content (AvgIpc) is 3.49. The fraction of sp³-hybridized carbons (Fsp3) is 0.696. The third-order valence-electron chi connectivity index (χ3n) is 8.67. The van der Waals surface area contributed by atoms with Gasteiger partial charge in [0.05, 0.1) is 18.1 Å². The first-order chi connectivity index (χ1) is 13.6. The number of likely N-dealkylation sites (tertiary alicyclic amines) is 1. The molecule has 1 aliphatic carbocycles. The predicted octanol–water partition coefficient (Wildman–Crippen LogP) is 3.07. The minimum Gasteiger partial charge on any atom is -0.375 e. The molecule has 1 spiro atoms. The van der Waals surface area contributed by atoms with Crippen LogP contribution in [0, 0.1) is 11.3 Å². The van der Waals surface area contributed by atoms with Crippen molar-refractivity contribution in [2.75, 3.05) is 13.2 Å². The Bertz CT molecular complexity index is 829. The Morgan fingerprint density at radius 2 is 2.18 bits per heavy atom. The van der Waals surface area contributed by atoms with E-state index in [9.17, 15) is 9.18 Å². The van der Waals surface area contributed by atoms with Crippen molar-refractivity contribution in [2.24, 2.45) is 11.3 Å². The lowest BCUT2D eigenvalue weighted by atomic mass is 9.73. The second-order valence-electron chi connectivity index (χ2n) is 9.82. The number of rotatable bonds is 2. The lowest BCUT2D eigenvalue weighted by Gasteiger charge is -2.34. The number of ether oxygens (including phenoxy) is 1. The Morgan fingerprint density at radius 3 is 2.93 bits per heavy atom. The Hall–Kier alpha value is -1.46. The molecule has 150 valence electrons. The number of benzene rings is 1. The van der Waals surface area contributed by atoms with E-state index in [0.29, 0.717) is 42.6 Å². The summed E-state index contributed by atoms with van der Waals surface area (Å²) in [5, 5.41) is 0. The summed E-state index contributed by atoms with van der Waals surface area (Å²) in [5.41, 5.74) is 2.98. The maximum atomic E-state index is 13.7. The van der Waals surface area contributed by atoms with Gasteiger partial charge >= 0.3 is 0 Å². The molecule has 0 N–H and O–H groups in total. The van der Waals surface area contributed by atoms with Crippen molar-refractivity contribution < 1.29 is 13.9 Å². The van der Waals surface area contributed by atoms with Crippen LogP contribution in [0.1, 0.15) is 49.3 Å². The van der Waals surface area contributed by atoms with E-state index in [-0.39, 0.29) is 5.41 Å². The minimum absolute atomic E-state index is 0.191. The summed E-state index contributed by atoms with van der Waals surface area (Å²) in [5.74, 6) is 0.749. The number of hydrogen-bond donors (Lipinski definition) is 0. The fourth-order valence-electron chi connectivity index (χ4n) is 7.08. The molecule has 5 heteroatoms. The number of hydrogen-bond acceptors (Lipinski definition) is 3. The molecule has 1 aromatic rings. The van der Waals surface area contributed by atoms with Crippen molar-refractivity contribution in [3.63, 3.8) is 0 Å². The van der Waals surface area contributed by atoms with Crippen LogP contribution in [0.5, 0.6) is 0 Å². The summed E-state index contributed by atoms with van der Waals surface area (Å²) < 4.78 is 18.9. The van der Waals surface area contributed by atoms with E-state index in [4.69, 9.17) is 4.74 Å². The van der Waals surface area contributed by atoms with Crippen LogP contribution in [-0.4, -0.2) is 53.1 Å². The van der Waals surface area contributed by atoms with Gasteiger partial charge in [0.1, 0.15) is 6.67 Å². The van der Waals surface area contributed by atoms with E-state index >= 15 is 0 Å². The second kappa shape index (κ2) is 6.02. The molecular formula is C23H29FN2O2. The van der Waals surface area contributed by atoms with Crippen LogP contribution >= 0.6 is 0 Å². The van der Waals surface area contributed by atoms with Crippen LogP contribution in [0.25, 0.3) is 0 Å². The number of morpholine rings is 1. The molecule has 1 saturated carbocycles. The highest BCUT2D eigenvalue weighted by atomic mass is 19.1. The van der Waals surface area contributed by atoms with Crippen molar-refractivity contribution in [1.29, 1.82) is 0 Å². The quantitative estimate of drug-likeness (QED) is 0.786. The molecule has 5 aliphatic rings. The van der Waals surface area contributed by atoms with Crippen LogP contribution in [0.3, 0.4) is 0 Å². The van der Waals surface area contributed by atoms with E-state index in [2.05, 4.69) is 22.8 Å². The van der Waals surface area contributed by atoms with Gasteiger partial charge in [0.25, 0.3) is 0 Å². The topological polar surface area (TPSA) is 32.8 Å². The zero-order valence-electron chi connectivity index (χ0n) is 16.6. The van der Waals surface area contributed by atoms with Gasteiger partial charge in [0.15, 0.2) is 0 Å². The zero-order chi connectivity index (χ0) is 19.0. The van der Waals surface area contributed by atoms with Gasteiger partial charge in [0.2, 0.25) is 5.91 Å². The molecule has 0 aromatic heterocycles. The van der Waals surface area contributed by atoms with Gasteiger partial charge in [-0.3, -0.25) is 9.69 Å². The van der Waals surface area contributed by atoms with E-state index in [1.165, 1.54) is 12.0 Å². The Morgan fingerprint density at radius 1 is 1.29 bits per heavy atom. The van der Waals surface area contributed by atoms with Gasteiger partial charge < -0.3 is 9.64 Å². The maximum Gasteiger partial charge on any atom is 0.229 e. The van der Waals surface area contributed by atoms with Gasteiger partial charge in [-0.15, -0.1) is 0 Å². The second-order valence-corrected chi connectivity index (χ2v) is 9.82. The standard InChI is InChI=1S/C23H29FN2O2/c1-14-21-7-16-3-2-15(10-24)6-17(16)11-26(21)22(27)23(14)5-4-18(9-23)25-12-20-8-19(25)13-28-20/h2-3,6,14,18-21H,4-5,7-13H2,1H3/t14?,18?,19-,20-,21?,23?/m1/s1. The van der Waals surface area contributed by atoms with Crippen LogP contribution in [-0.2, 0) is 29.2 Å². The first-order valence-corrected chi connectivity index (χ1v) is 10.9. The Kier molecular flexibility index (Phi) is 3.74. The highest BCUT2D eigenvalue weighted by Gasteiger charge is 2.61. The molecule has 1 aromatic carbocycles. The molecule has 4 heterocycles. The normalized spacial score (nSPS) is 41.9. The number of carbonyl (C=O) groups excluding carboxylic acids is 1. The predicted molar refractivity (Wildman–Crippen MR) is 103 cm³/mol. The van der Waals surface area contributed by atoms with Gasteiger partial charge in [-0.25, -0.2) is 4.39 Å². The van der Waals surface area contributed by atoms with Crippen LogP contribution in [0.2, 0.25) is 0 Å². The van der Waals surface area contributed by atoms with Gasteiger partial charge in [-0.05, 0) is 54.7 Å². The molecule has 6 rings (SSSR count). The fourth-order valence-corrected chi connectivity index (χ4v) is 7.08. The molecule has 4 unspecified atom stereocenters. The summed E-state index contributed by atoms with van der Waals surface area (Å²) in [7, 11) is 0. The molecule has 4 aliphatic heterocycles. The van der Waals surface area contributed by atoms with Crippen LogP contribution in [0.4, 0.5) is 4.39 Å². The minimum atomic E-state index is -0.436. The molecule has 1 amide bonds. The monoisotopic (exact) mass is 384 g/mol. The highest BCUT2D eigenvalue weighted by molar-refractivity contribution is 5.87. The number of alkyl halides is 1. The number of amides is 1. The largest absolute Gasteiger partial charge is 0.375 e. The summed E-state index contributed by atoms with van der Waals surface area (Å²) in [6.45, 7) is 4.46. The van der Waals surface area contributed by atoms with Crippen molar-refractivity contribution in [3.05, 3.63) is 34.9 Å². The number of fused-ring (bicyclic) bond motifs is 4. The summed E-state index contributed by atoms with van der Waals surface area (Å²) in [4.78, 5) is 18.5. The molecule has 2 bridgehead atoms. The van der Waals surface area contributed by atoms with Crippen molar-refractivity contribution in [2.45, 2.75) is 76.5 Å². The number of carbonyl (C=O) groups is 1. The van der Waals surface area contributed by atoms with Crippen LogP contribution < -0.4 is 0 Å². The lowest BCUT2D eigenvalue weighted by molar-refractivity contribution is -0.138. The molecule has 28 heavy (non-hydrogen) atoms. The first kappa shape index (κ1) is 17.4. The third-order valence-corrected chi connectivity index (χ3v) is 8.67. The molecular weight excluding hydrogens is 355 g/mol. The summed E-state index contributed by atoms with van der Waals surface area (Å²) in [6.07, 6.45) is 5.68. The van der Waals surface area contributed by atoms with Crippen LogP contribution in [0.15, 0.2) is 18.2 Å². The number of halogens is 1. The van der Waals surface area contributed by atoms with Crippen molar-refractivity contribution in [1.82, 2.24) is 9.80 Å². The average molecular weight is 384 g/mol. The van der Waals surface area contributed by atoms with Gasteiger partial charge in [-0.2, -0.15) is 0 Å². The van der Waals surface area contributed by atoms with E-state index in [0.717, 1.165) is 50.0 Å². The first-order valence-electron chi connectivity index (χ1n) is 10.9. The van der Waals surface area contributed by atoms with E-state index < -0.39 is 6.67 Å². The molecule has 3 saturated heterocycles.